The lowest BCUT2D eigenvalue weighted by molar-refractivity contribution is 0.404. The molecule has 0 spiro atoms. The third-order valence-electron chi connectivity index (χ3n) is 4.73. The van der Waals surface area contributed by atoms with E-state index < -0.39 is 0 Å². The highest BCUT2D eigenvalue weighted by atomic mass is 16.3. The Kier molecular flexibility index (Phi) is 2.82. The molecule has 0 aliphatic carbocycles. The summed E-state index contributed by atoms with van der Waals surface area (Å²) in [7, 11) is 0. The predicted octanol–water partition coefficient (Wildman–Crippen LogP) is 4.59. The lowest BCUT2D eigenvalue weighted by Crippen LogP contribution is -1.88. The van der Waals surface area contributed by atoms with Crippen molar-refractivity contribution in [1.29, 1.82) is 0 Å². The average molecular weight is 320 g/mol. The molecule has 0 radical (unpaired) electrons. The molecule has 24 heavy (non-hydrogen) atoms. The molecular formula is C20H16O4. The maximum absolute atomic E-state index is 9.93. The number of aromatic hydroxyl groups is 4. The lowest BCUT2D eigenvalue weighted by Gasteiger charge is -2.14. The monoisotopic (exact) mass is 320 g/mol. The Balaban J connectivity index is 2.40. The Morgan fingerprint density at radius 3 is 0.875 bits per heavy atom. The molecular weight excluding hydrogens is 304 g/mol. The van der Waals surface area contributed by atoms with Gasteiger partial charge >= 0.3 is 0 Å². The molecule has 0 saturated carbocycles. The fourth-order valence-corrected chi connectivity index (χ4v) is 3.31. The topological polar surface area (TPSA) is 80.9 Å². The van der Waals surface area contributed by atoms with Gasteiger partial charge in [-0.2, -0.15) is 0 Å². The molecule has 4 aromatic rings. The molecule has 4 heteroatoms. The number of phenolic OH excluding ortho intramolecular Hbond substituents is 4. The smallest absolute Gasteiger partial charge is 0.158 e. The van der Waals surface area contributed by atoms with E-state index in [0.29, 0.717) is 10.8 Å². The molecule has 4 rings (SSSR count). The maximum atomic E-state index is 9.93. The van der Waals surface area contributed by atoms with E-state index in [4.69, 9.17) is 0 Å². The first-order valence-electron chi connectivity index (χ1n) is 7.61. The van der Waals surface area contributed by atoms with Crippen molar-refractivity contribution in [1.82, 2.24) is 0 Å². The van der Waals surface area contributed by atoms with Crippen molar-refractivity contribution in [2.45, 2.75) is 13.8 Å². The first kappa shape index (κ1) is 14.5. The molecule has 4 N–H and O–H groups in total. The van der Waals surface area contributed by atoms with Gasteiger partial charge in [0, 0.05) is 0 Å². The van der Waals surface area contributed by atoms with Gasteiger partial charge in [0.05, 0.1) is 0 Å². The summed E-state index contributed by atoms with van der Waals surface area (Å²) < 4.78 is 0. The van der Waals surface area contributed by atoms with Gasteiger partial charge in [-0.3, -0.25) is 0 Å². The van der Waals surface area contributed by atoms with E-state index in [1.807, 2.05) is 26.0 Å². The van der Waals surface area contributed by atoms with Gasteiger partial charge < -0.3 is 20.4 Å². The van der Waals surface area contributed by atoms with Crippen LogP contribution in [0.2, 0.25) is 0 Å². The third kappa shape index (κ3) is 1.86. The number of hydrogen-bond acceptors (Lipinski definition) is 4. The zero-order valence-corrected chi connectivity index (χ0v) is 13.3. The highest BCUT2D eigenvalue weighted by molar-refractivity contribution is 6.26. The number of benzene rings is 4. The molecule has 0 aliphatic heterocycles. The van der Waals surface area contributed by atoms with E-state index in [1.165, 1.54) is 24.3 Å². The summed E-state index contributed by atoms with van der Waals surface area (Å²) in [5.41, 5.74) is 2.22. The van der Waals surface area contributed by atoms with Crippen molar-refractivity contribution in [3.63, 3.8) is 0 Å². The molecule has 0 saturated heterocycles. The Morgan fingerprint density at radius 1 is 0.417 bits per heavy atom. The molecule has 0 heterocycles. The summed E-state index contributed by atoms with van der Waals surface area (Å²) in [6, 6.07) is 10.1. The number of rotatable bonds is 0. The van der Waals surface area contributed by atoms with Gasteiger partial charge in [0.15, 0.2) is 23.0 Å². The van der Waals surface area contributed by atoms with Crippen LogP contribution >= 0.6 is 0 Å². The maximum Gasteiger partial charge on any atom is 0.158 e. The molecule has 0 bridgehead atoms. The van der Waals surface area contributed by atoms with Crippen LogP contribution < -0.4 is 0 Å². The highest BCUT2D eigenvalue weighted by Gasteiger charge is 2.15. The third-order valence-corrected chi connectivity index (χ3v) is 4.73. The second-order valence-corrected chi connectivity index (χ2v) is 6.26. The fourth-order valence-electron chi connectivity index (χ4n) is 3.31. The number of fused-ring (bicyclic) bond motifs is 6. The second-order valence-electron chi connectivity index (χ2n) is 6.26. The minimum absolute atomic E-state index is 0.190. The number of aryl methyl sites for hydroxylation is 2. The number of phenols is 4. The van der Waals surface area contributed by atoms with Crippen molar-refractivity contribution < 1.29 is 20.4 Å². The first-order valence-corrected chi connectivity index (χ1v) is 7.61. The van der Waals surface area contributed by atoms with Crippen LogP contribution in [0.4, 0.5) is 0 Å². The first-order chi connectivity index (χ1) is 11.4. The fraction of sp³-hybridized carbons (Fsp3) is 0.100. The summed E-state index contributed by atoms with van der Waals surface area (Å²) in [4.78, 5) is 0. The van der Waals surface area contributed by atoms with E-state index in [1.54, 1.807) is 0 Å². The van der Waals surface area contributed by atoms with Crippen molar-refractivity contribution in [3.8, 4) is 23.0 Å². The molecule has 0 fully saturated rings. The summed E-state index contributed by atoms with van der Waals surface area (Å²) in [6.07, 6.45) is 0. The molecule has 0 amide bonds. The van der Waals surface area contributed by atoms with Gasteiger partial charge in [0.25, 0.3) is 0 Å². The van der Waals surface area contributed by atoms with Crippen molar-refractivity contribution in [2.24, 2.45) is 0 Å². The molecule has 0 aromatic heterocycles. The zero-order chi connectivity index (χ0) is 17.2. The summed E-state index contributed by atoms with van der Waals surface area (Å²) >= 11 is 0. The van der Waals surface area contributed by atoms with Crippen LogP contribution in [0, 0.1) is 13.8 Å². The van der Waals surface area contributed by atoms with Crippen LogP contribution in [0.1, 0.15) is 11.1 Å². The van der Waals surface area contributed by atoms with Gasteiger partial charge in [0.2, 0.25) is 0 Å². The molecule has 120 valence electrons. The van der Waals surface area contributed by atoms with Crippen molar-refractivity contribution in [3.05, 3.63) is 47.5 Å². The quantitative estimate of drug-likeness (QED) is 0.282. The van der Waals surface area contributed by atoms with Crippen LogP contribution in [0.5, 0.6) is 23.0 Å². The minimum Gasteiger partial charge on any atom is -0.504 e. The summed E-state index contributed by atoms with van der Waals surface area (Å²) in [6.45, 7) is 4.03. The SMILES string of the molecule is Cc1cc2c(cc1C)c1cc(O)c(O)cc1c1cc(O)c(O)cc21. The number of hydrogen-bond donors (Lipinski definition) is 4. The van der Waals surface area contributed by atoms with Crippen LogP contribution in [0.15, 0.2) is 36.4 Å². The van der Waals surface area contributed by atoms with Gasteiger partial charge in [-0.1, -0.05) is 12.1 Å². The average Bonchev–Trinajstić information content (AvgIpc) is 2.53. The van der Waals surface area contributed by atoms with Gasteiger partial charge in [-0.25, -0.2) is 0 Å². The van der Waals surface area contributed by atoms with Gasteiger partial charge in [0.1, 0.15) is 0 Å². The second kappa shape index (κ2) is 4.68. The van der Waals surface area contributed by atoms with E-state index >= 15 is 0 Å². The molecule has 0 atom stereocenters. The van der Waals surface area contributed by atoms with Crippen LogP contribution in [-0.4, -0.2) is 20.4 Å². The van der Waals surface area contributed by atoms with Crippen molar-refractivity contribution in [2.75, 3.05) is 0 Å². The molecule has 4 aromatic carbocycles. The van der Waals surface area contributed by atoms with E-state index in [-0.39, 0.29) is 23.0 Å². The largest absolute Gasteiger partial charge is 0.504 e. The summed E-state index contributed by atoms with van der Waals surface area (Å²) in [5, 5.41) is 44.5. The predicted molar refractivity (Wildman–Crippen MR) is 95.1 cm³/mol. The Labute approximate surface area is 137 Å². The highest BCUT2D eigenvalue weighted by Crippen LogP contribution is 2.43. The van der Waals surface area contributed by atoms with Crippen molar-refractivity contribution >= 4 is 32.3 Å². The van der Waals surface area contributed by atoms with Crippen LogP contribution in [0.3, 0.4) is 0 Å². The Morgan fingerprint density at radius 2 is 0.625 bits per heavy atom. The lowest BCUT2D eigenvalue weighted by atomic mass is 9.91. The van der Waals surface area contributed by atoms with Crippen LogP contribution in [0.25, 0.3) is 32.3 Å². The van der Waals surface area contributed by atoms with Gasteiger partial charge in [-0.15, -0.1) is 0 Å². The van der Waals surface area contributed by atoms with E-state index in [0.717, 1.165) is 32.7 Å². The minimum atomic E-state index is -0.223. The van der Waals surface area contributed by atoms with E-state index in [2.05, 4.69) is 0 Å². The summed E-state index contributed by atoms with van der Waals surface area (Å²) in [5.74, 6) is -0.826. The molecule has 4 nitrogen and oxygen atoms in total. The zero-order valence-electron chi connectivity index (χ0n) is 13.3. The Bertz CT molecular complexity index is 892. The van der Waals surface area contributed by atoms with E-state index in [9.17, 15) is 20.4 Å². The van der Waals surface area contributed by atoms with Crippen LogP contribution in [-0.2, 0) is 0 Å². The standard InChI is InChI=1S/C20H16O4/c1-9-3-11-12(4-10(9)2)14-6-18(22)20(24)8-16(14)15-7-19(23)17(21)5-13(11)15/h3-8,21-24H,1-2H3. The molecule has 0 unspecified atom stereocenters. The Hall–Kier alpha value is -3.14. The molecule has 0 aliphatic rings. The van der Waals surface area contributed by atoms with Gasteiger partial charge in [-0.05, 0) is 81.6 Å². The normalized spacial score (nSPS) is 11.6.